The zero-order valence-corrected chi connectivity index (χ0v) is 11.8. The Hall–Kier alpha value is -1.94. The van der Waals surface area contributed by atoms with E-state index in [0.29, 0.717) is 11.5 Å². The third-order valence-electron chi connectivity index (χ3n) is 3.17. The average molecular weight is 274 g/mol. The second kappa shape index (κ2) is 6.48. The highest BCUT2D eigenvalue weighted by Crippen LogP contribution is 2.25. The summed E-state index contributed by atoms with van der Waals surface area (Å²) in [5.74, 6) is 0.355. The van der Waals surface area contributed by atoms with Crippen LogP contribution in [0.2, 0.25) is 0 Å². The highest BCUT2D eigenvalue weighted by molar-refractivity contribution is 5.60. The molecule has 0 fully saturated rings. The van der Waals surface area contributed by atoms with Gasteiger partial charge < -0.3 is 10.0 Å². The van der Waals surface area contributed by atoms with Crippen LogP contribution in [0.3, 0.4) is 0 Å². The van der Waals surface area contributed by atoms with Crippen LogP contribution in [0, 0.1) is 5.82 Å². The van der Waals surface area contributed by atoms with Crippen LogP contribution in [-0.2, 0) is 13.0 Å². The van der Waals surface area contributed by atoms with Crippen LogP contribution < -0.4 is 4.90 Å². The van der Waals surface area contributed by atoms with Gasteiger partial charge in [-0.1, -0.05) is 25.5 Å². The summed E-state index contributed by atoms with van der Waals surface area (Å²) in [4.78, 5) is 6.24. The molecule has 0 atom stereocenters. The van der Waals surface area contributed by atoms with Gasteiger partial charge in [0.1, 0.15) is 11.6 Å². The molecule has 0 bridgehead atoms. The Labute approximate surface area is 118 Å². The molecule has 0 unspecified atom stereocenters. The summed E-state index contributed by atoms with van der Waals surface area (Å²) >= 11 is 0. The molecule has 4 heteroatoms. The number of halogens is 1. The molecular formula is C16H19FN2O. The van der Waals surface area contributed by atoms with Crippen molar-refractivity contribution in [3.05, 3.63) is 53.5 Å². The van der Waals surface area contributed by atoms with Crippen molar-refractivity contribution in [1.29, 1.82) is 0 Å². The number of rotatable bonds is 5. The lowest BCUT2D eigenvalue weighted by Crippen LogP contribution is -2.14. The molecule has 106 valence electrons. The molecule has 0 saturated heterocycles. The van der Waals surface area contributed by atoms with E-state index in [0.717, 1.165) is 24.1 Å². The van der Waals surface area contributed by atoms with Crippen molar-refractivity contribution in [2.24, 2.45) is 0 Å². The number of benzene rings is 1. The number of aliphatic hydroxyl groups excluding tert-OH is 1. The molecule has 0 aliphatic rings. The Morgan fingerprint density at radius 3 is 2.65 bits per heavy atom. The first-order chi connectivity index (χ1) is 9.65. The molecule has 20 heavy (non-hydrogen) atoms. The Balaban J connectivity index is 2.40. The Kier molecular flexibility index (Phi) is 4.69. The number of hydrogen-bond acceptors (Lipinski definition) is 3. The fraction of sp³-hybridized carbons (Fsp3) is 0.312. The molecule has 3 nitrogen and oxygen atoms in total. The molecule has 1 aromatic carbocycles. The zero-order valence-electron chi connectivity index (χ0n) is 11.8. The largest absolute Gasteiger partial charge is 0.392 e. The van der Waals surface area contributed by atoms with Crippen LogP contribution in [0.4, 0.5) is 15.9 Å². The summed E-state index contributed by atoms with van der Waals surface area (Å²) < 4.78 is 13.8. The lowest BCUT2D eigenvalue weighted by molar-refractivity contribution is 0.281. The Morgan fingerprint density at radius 1 is 1.25 bits per heavy atom. The van der Waals surface area contributed by atoms with E-state index < -0.39 is 0 Å². The third kappa shape index (κ3) is 3.14. The summed E-state index contributed by atoms with van der Waals surface area (Å²) in [5, 5.41) is 9.34. The van der Waals surface area contributed by atoms with Gasteiger partial charge in [-0.2, -0.15) is 0 Å². The Bertz CT molecular complexity index is 586. The molecular weight excluding hydrogens is 255 g/mol. The van der Waals surface area contributed by atoms with E-state index in [9.17, 15) is 9.50 Å². The van der Waals surface area contributed by atoms with Gasteiger partial charge in [0, 0.05) is 12.7 Å². The minimum atomic E-state index is -0.289. The fourth-order valence-corrected chi connectivity index (χ4v) is 2.13. The van der Waals surface area contributed by atoms with Crippen LogP contribution in [-0.4, -0.2) is 17.1 Å². The predicted molar refractivity (Wildman–Crippen MR) is 78.6 cm³/mol. The minimum absolute atomic E-state index is 0.0443. The summed E-state index contributed by atoms with van der Waals surface area (Å²) in [6, 6.07) is 10.3. The third-order valence-corrected chi connectivity index (χ3v) is 3.17. The molecule has 1 N–H and O–H groups in total. The lowest BCUT2D eigenvalue weighted by atomic mass is 10.1. The molecule has 0 saturated carbocycles. The van der Waals surface area contributed by atoms with Crippen molar-refractivity contribution in [1.82, 2.24) is 4.98 Å². The van der Waals surface area contributed by atoms with Crippen molar-refractivity contribution in [3.8, 4) is 0 Å². The number of pyridine rings is 1. The maximum Gasteiger partial charge on any atom is 0.146 e. The molecule has 0 radical (unpaired) electrons. The first kappa shape index (κ1) is 14.5. The van der Waals surface area contributed by atoms with Crippen LogP contribution in [0.15, 0.2) is 36.4 Å². The monoisotopic (exact) mass is 274 g/mol. The maximum absolute atomic E-state index is 13.8. The first-order valence-electron chi connectivity index (χ1n) is 6.74. The summed E-state index contributed by atoms with van der Waals surface area (Å²) in [6.45, 7) is 2.03. The number of nitrogens with zero attached hydrogens (tertiary/aromatic N) is 2. The quantitative estimate of drug-likeness (QED) is 0.907. The molecule has 1 aromatic heterocycles. The normalized spacial score (nSPS) is 10.6. The molecule has 2 rings (SSSR count). The smallest absolute Gasteiger partial charge is 0.146 e. The highest BCUT2D eigenvalue weighted by atomic mass is 19.1. The van der Waals surface area contributed by atoms with Gasteiger partial charge in [-0.3, -0.25) is 0 Å². The predicted octanol–water partition coefficient (Wildman–Crippen LogP) is 3.43. The van der Waals surface area contributed by atoms with Gasteiger partial charge in [0.25, 0.3) is 0 Å². The van der Waals surface area contributed by atoms with Crippen molar-refractivity contribution in [2.45, 2.75) is 26.4 Å². The van der Waals surface area contributed by atoms with Crippen molar-refractivity contribution < 1.29 is 9.50 Å². The molecule has 0 amide bonds. The number of aromatic nitrogens is 1. The molecule has 2 aromatic rings. The number of aryl methyl sites for hydroxylation is 1. The van der Waals surface area contributed by atoms with E-state index >= 15 is 0 Å². The summed E-state index contributed by atoms with van der Waals surface area (Å²) in [6.07, 6.45) is 1.82. The van der Waals surface area contributed by atoms with E-state index in [1.54, 1.807) is 36.2 Å². The van der Waals surface area contributed by atoms with Crippen molar-refractivity contribution >= 4 is 11.5 Å². The minimum Gasteiger partial charge on any atom is -0.392 e. The van der Waals surface area contributed by atoms with Gasteiger partial charge in [-0.25, -0.2) is 9.37 Å². The van der Waals surface area contributed by atoms with Crippen LogP contribution in [0.1, 0.15) is 24.6 Å². The summed E-state index contributed by atoms with van der Waals surface area (Å²) in [5.41, 5.74) is 2.18. The maximum atomic E-state index is 13.8. The van der Waals surface area contributed by atoms with Crippen LogP contribution in [0.25, 0.3) is 0 Å². The Morgan fingerprint density at radius 2 is 2.00 bits per heavy atom. The molecule has 0 aliphatic heterocycles. The summed E-state index contributed by atoms with van der Waals surface area (Å²) in [7, 11) is 1.78. The van der Waals surface area contributed by atoms with Gasteiger partial charge in [0.05, 0.1) is 12.3 Å². The van der Waals surface area contributed by atoms with Gasteiger partial charge in [0.2, 0.25) is 0 Å². The van der Waals surface area contributed by atoms with Crippen molar-refractivity contribution in [3.63, 3.8) is 0 Å². The van der Waals surface area contributed by atoms with Gasteiger partial charge in [0.15, 0.2) is 0 Å². The van der Waals surface area contributed by atoms with Gasteiger partial charge in [-0.15, -0.1) is 0 Å². The van der Waals surface area contributed by atoms with E-state index in [4.69, 9.17) is 0 Å². The SMILES string of the molecule is CCCc1cc(CO)cc(N(C)c2ccccc2F)n1. The lowest BCUT2D eigenvalue weighted by Gasteiger charge is -2.20. The van der Waals surface area contributed by atoms with Gasteiger partial charge >= 0.3 is 0 Å². The number of aliphatic hydroxyl groups is 1. The highest BCUT2D eigenvalue weighted by Gasteiger charge is 2.11. The van der Waals surface area contributed by atoms with E-state index in [2.05, 4.69) is 11.9 Å². The van der Waals surface area contributed by atoms with E-state index in [1.807, 2.05) is 6.07 Å². The molecule has 0 aliphatic carbocycles. The number of para-hydroxylation sites is 1. The van der Waals surface area contributed by atoms with E-state index in [-0.39, 0.29) is 12.4 Å². The second-order valence-corrected chi connectivity index (χ2v) is 4.74. The first-order valence-corrected chi connectivity index (χ1v) is 6.74. The van der Waals surface area contributed by atoms with Gasteiger partial charge in [-0.05, 0) is 36.2 Å². The second-order valence-electron chi connectivity index (χ2n) is 4.74. The number of hydrogen-bond donors (Lipinski definition) is 1. The fourth-order valence-electron chi connectivity index (χ4n) is 2.13. The number of anilines is 2. The zero-order chi connectivity index (χ0) is 14.5. The standard InChI is InChI=1S/C16H19FN2O/c1-3-6-13-9-12(11-20)10-16(18-13)19(2)15-8-5-4-7-14(15)17/h4-5,7-10,20H,3,6,11H2,1-2H3. The van der Waals surface area contributed by atoms with Crippen LogP contribution in [0.5, 0.6) is 0 Å². The topological polar surface area (TPSA) is 36.4 Å². The van der Waals surface area contributed by atoms with E-state index in [1.165, 1.54) is 6.07 Å². The average Bonchev–Trinajstić information content (AvgIpc) is 2.47. The molecule has 1 heterocycles. The molecule has 0 spiro atoms. The van der Waals surface area contributed by atoms with Crippen LogP contribution >= 0.6 is 0 Å². The van der Waals surface area contributed by atoms with Crippen molar-refractivity contribution in [2.75, 3.05) is 11.9 Å².